The van der Waals surface area contributed by atoms with E-state index in [-0.39, 0.29) is 17.5 Å². The van der Waals surface area contributed by atoms with Gasteiger partial charge < -0.3 is 5.32 Å². The van der Waals surface area contributed by atoms with Crippen LogP contribution in [0, 0.1) is 10.8 Å². The molecule has 0 aliphatic rings. The third-order valence-corrected chi connectivity index (χ3v) is 2.11. The van der Waals surface area contributed by atoms with Crippen LogP contribution >= 0.6 is 0 Å². The molecular formula is C11H13FN2O2. The number of nitrogens with zero attached hydrogens (tertiary/aromatic N) is 1. The molecule has 0 radical (unpaired) electrons. The van der Waals surface area contributed by atoms with Crippen LogP contribution in [0.15, 0.2) is 29.4 Å². The van der Waals surface area contributed by atoms with E-state index < -0.39 is 6.67 Å². The highest BCUT2D eigenvalue weighted by atomic mass is 19.1. The minimum atomic E-state index is -0.464. The summed E-state index contributed by atoms with van der Waals surface area (Å²) in [7, 11) is 0. The van der Waals surface area contributed by atoms with E-state index >= 15 is 0 Å². The molecule has 1 N–H and O–H groups in total. The van der Waals surface area contributed by atoms with Gasteiger partial charge >= 0.3 is 0 Å². The third-order valence-electron chi connectivity index (χ3n) is 2.11. The van der Waals surface area contributed by atoms with Crippen molar-refractivity contribution in [3.63, 3.8) is 0 Å². The summed E-state index contributed by atoms with van der Waals surface area (Å²) in [4.78, 5) is 21.7. The summed E-state index contributed by atoms with van der Waals surface area (Å²) in [5, 5.41) is 5.33. The SMILES string of the molecule is CC(CF)CNC(=O)c1ccc(N=O)cc1. The first-order chi connectivity index (χ1) is 7.67. The van der Waals surface area contributed by atoms with Crippen LogP contribution in [0.4, 0.5) is 10.1 Å². The molecule has 1 amide bonds. The van der Waals surface area contributed by atoms with Gasteiger partial charge in [0.1, 0.15) is 5.69 Å². The normalized spacial score (nSPS) is 11.9. The molecule has 0 heterocycles. The molecular weight excluding hydrogens is 211 g/mol. The minimum absolute atomic E-state index is 0.195. The lowest BCUT2D eigenvalue weighted by atomic mass is 10.1. The first-order valence-electron chi connectivity index (χ1n) is 4.95. The Morgan fingerprint density at radius 1 is 1.44 bits per heavy atom. The average Bonchev–Trinajstić information content (AvgIpc) is 2.35. The summed E-state index contributed by atoms with van der Waals surface area (Å²) in [6.45, 7) is 1.54. The zero-order chi connectivity index (χ0) is 12.0. The highest BCUT2D eigenvalue weighted by molar-refractivity contribution is 5.94. The molecule has 1 aromatic carbocycles. The van der Waals surface area contributed by atoms with Gasteiger partial charge in [-0.3, -0.25) is 9.18 Å². The quantitative estimate of drug-likeness (QED) is 0.781. The topological polar surface area (TPSA) is 58.5 Å². The number of rotatable bonds is 5. The van der Waals surface area contributed by atoms with Gasteiger partial charge in [0.15, 0.2) is 0 Å². The molecule has 0 fully saturated rings. The number of benzene rings is 1. The number of hydrogen-bond acceptors (Lipinski definition) is 3. The zero-order valence-electron chi connectivity index (χ0n) is 8.94. The van der Waals surface area contributed by atoms with Crippen LogP contribution in [0.2, 0.25) is 0 Å². The first-order valence-corrected chi connectivity index (χ1v) is 4.95. The van der Waals surface area contributed by atoms with Gasteiger partial charge in [0.25, 0.3) is 5.91 Å². The maximum Gasteiger partial charge on any atom is 0.251 e. The fourth-order valence-corrected chi connectivity index (χ4v) is 1.10. The summed E-state index contributed by atoms with van der Waals surface area (Å²) in [5.74, 6) is -0.474. The zero-order valence-corrected chi connectivity index (χ0v) is 8.94. The second-order valence-corrected chi connectivity index (χ2v) is 3.61. The molecule has 86 valence electrons. The summed E-state index contributed by atoms with van der Waals surface area (Å²) < 4.78 is 12.1. The molecule has 16 heavy (non-hydrogen) atoms. The van der Waals surface area contributed by atoms with Crippen LogP contribution in [0.3, 0.4) is 0 Å². The van der Waals surface area contributed by atoms with Gasteiger partial charge in [0.2, 0.25) is 0 Å². The van der Waals surface area contributed by atoms with Crippen LogP contribution in [-0.2, 0) is 0 Å². The molecule has 0 aliphatic carbocycles. The van der Waals surface area contributed by atoms with Gasteiger partial charge in [-0.15, -0.1) is 4.91 Å². The Morgan fingerprint density at radius 2 is 2.06 bits per heavy atom. The van der Waals surface area contributed by atoms with Crippen LogP contribution < -0.4 is 5.32 Å². The largest absolute Gasteiger partial charge is 0.352 e. The van der Waals surface area contributed by atoms with Crippen LogP contribution in [0.5, 0.6) is 0 Å². The van der Waals surface area contributed by atoms with E-state index in [4.69, 9.17) is 0 Å². The van der Waals surface area contributed by atoms with Gasteiger partial charge in [-0.25, -0.2) is 0 Å². The number of carbonyl (C=O) groups excluding carboxylic acids is 1. The summed E-state index contributed by atoms with van der Waals surface area (Å²) in [5.41, 5.74) is 0.701. The smallest absolute Gasteiger partial charge is 0.251 e. The number of nitroso groups, excluding NO2 is 1. The first kappa shape index (κ1) is 12.3. The van der Waals surface area contributed by atoms with Crippen molar-refractivity contribution in [3.8, 4) is 0 Å². The van der Waals surface area contributed by atoms with E-state index in [1.54, 1.807) is 6.92 Å². The highest BCUT2D eigenvalue weighted by Gasteiger charge is 2.07. The third kappa shape index (κ3) is 3.42. The number of halogens is 1. The highest BCUT2D eigenvalue weighted by Crippen LogP contribution is 2.12. The van der Waals surface area contributed by atoms with Crippen LogP contribution in [-0.4, -0.2) is 19.1 Å². The summed E-state index contributed by atoms with van der Waals surface area (Å²) in [6, 6.07) is 5.93. The molecule has 1 rings (SSSR count). The molecule has 0 bridgehead atoms. The van der Waals surface area contributed by atoms with E-state index in [0.29, 0.717) is 12.1 Å². The molecule has 1 unspecified atom stereocenters. The number of alkyl halides is 1. The predicted octanol–water partition coefficient (Wildman–Crippen LogP) is 2.42. The van der Waals surface area contributed by atoms with Crippen LogP contribution in [0.25, 0.3) is 0 Å². The lowest BCUT2D eigenvalue weighted by molar-refractivity contribution is 0.0946. The minimum Gasteiger partial charge on any atom is -0.352 e. The lowest BCUT2D eigenvalue weighted by Crippen LogP contribution is -2.28. The molecule has 5 heteroatoms. The van der Waals surface area contributed by atoms with Crippen molar-refractivity contribution in [2.24, 2.45) is 11.1 Å². The second-order valence-electron chi connectivity index (χ2n) is 3.61. The van der Waals surface area contributed by atoms with Crippen molar-refractivity contribution >= 4 is 11.6 Å². The Morgan fingerprint density at radius 3 is 2.56 bits per heavy atom. The van der Waals surface area contributed by atoms with Gasteiger partial charge in [-0.05, 0) is 29.4 Å². The summed E-state index contributed by atoms with van der Waals surface area (Å²) in [6.07, 6.45) is 0. The van der Waals surface area contributed by atoms with E-state index in [2.05, 4.69) is 10.5 Å². The van der Waals surface area contributed by atoms with Crippen molar-refractivity contribution in [1.29, 1.82) is 0 Å². The van der Waals surface area contributed by atoms with Gasteiger partial charge in [-0.2, -0.15) is 0 Å². The Balaban J connectivity index is 2.56. The van der Waals surface area contributed by atoms with E-state index in [1.165, 1.54) is 24.3 Å². The molecule has 0 saturated carbocycles. The van der Waals surface area contributed by atoms with E-state index in [9.17, 15) is 14.1 Å². The molecule has 1 aromatic rings. The van der Waals surface area contributed by atoms with E-state index in [0.717, 1.165) is 0 Å². The molecule has 4 nitrogen and oxygen atoms in total. The Labute approximate surface area is 92.8 Å². The molecule has 0 spiro atoms. The van der Waals surface area contributed by atoms with Gasteiger partial charge in [-0.1, -0.05) is 6.92 Å². The summed E-state index contributed by atoms with van der Waals surface area (Å²) >= 11 is 0. The van der Waals surface area contributed by atoms with Crippen LogP contribution in [0.1, 0.15) is 17.3 Å². The molecule has 0 aliphatic heterocycles. The maximum absolute atomic E-state index is 12.1. The van der Waals surface area contributed by atoms with Crippen molar-refractivity contribution in [3.05, 3.63) is 34.7 Å². The number of carbonyl (C=O) groups is 1. The molecule has 0 saturated heterocycles. The van der Waals surface area contributed by atoms with Crippen molar-refractivity contribution in [1.82, 2.24) is 5.32 Å². The van der Waals surface area contributed by atoms with Gasteiger partial charge in [0, 0.05) is 18.0 Å². The van der Waals surface area contributed by atoms with Crippen molar-refractivity contribution in [2.45, 2.75) is 6.92 Å². The fraction of sp³-hybridized carbons (Fsp3) is 0.364. The number of nitrogens with one attached hydrogen (secondary N) is 1. The van der Waals surface area contributed by atoms with Crippen molar-refractivity contribution in [2.75, 3.05) is 13.2 Å². The Hall–Kier alpha value is -1.78. The van der Waals surface area contributed by atoms with E-state index in [1.807, 2.05) is 0 Å². The van der Waals surface area contributed by atoms with Gasteiger partial charge in [0.05, 0.1) is 6.67 Å². The Kier molecular flexibility index (Phi) is 4.57. The average molecular weight is 224 g/mol. The Bertz CT molecular complexity index is 365. The number of hydrogen-bond donors (Lipinski definition) is 1. The fourth-order valence-electron chi connectivity index (χ4n) is 1.10. The molecule has 0 aromatic heterocycles. The lowest BCUT2D eigenvalue weighted by Gasteiger charge is -2.08. The maximum atomic E-state index is 12.1. The monoisotopic (exact) mass is 224 g/mol. The predicted molar refractivity (Wildman–Crippen MR) is 59.4 cm³/mol. The number of amides is 1. The second kappa shape index (κ2) is 5.95. The molecule has 1 atom stereocenters. The standard InChI is InChI=1S/C11H13FN2O2/c1-8(6-12)7-13-11(15)9-2-4-10(14-16)5-3-9/h2-5,8H,6-7H2,1H3,(H,13,15). The van der Waals surface area contributed by atoms with Crippen molar-refractivity contribution < 1.29 is 9.18 Å².